The highest BCUT2D eigenvalue weighted by atomic mass is 16.6. The number of likely N-dealkylation sites (N-methyl/N-ethyl adjacent to an activating group) is 1. The fourth-order valence-electron chi connectivity index (χ4n) is 4.91. The number of benzene rings is 1. The Labute approximate surface area is 239 Å². The van der Waals surface area contributed by atoms with Crippen LogP contribution in [0.2, 0.25) is 0 Å². The number of nitrogens with one attached hydrogen (secondary N) is 3. The highest BCUT2D eigenvalue weighted by Gasteiger charge is 2.48. The Bertz CT molecular complexity index is 1240. The quantitative estimate of drug-likeness (QED) is 0.309. The van der Waals surface area contributed by atoms with Gasteiger partial charge in [-0.15, -0.1) is 0 Å². The fourth-order valence-corrected chi connectivity index (χ4v) is 4.91. The maximum atomic E-state index is 13.4. The molecule has 2 aliphatic heterocycles. The largest absolute Gasteiger partial charge is 0.622 e. The lowest BCUT2D eigenvalue weighted by molar-refractivity contribution is -0.156. The number of piperazine rings is 1. The lowest BCUT2D eigenvalue weighted by Crippen LogP contribution is -2.66. The standard InChI is InChI=1S/C28H36BN5O7/c1-16(2)13-23(29-40-27(38)21-14-30-15-22(34(21)4)28(39)41-29)32-26(37)24(17(3)35)33-25(36)20-12-8-11-19(31-20)18-9-6-5-7-10-18/h5-12,16-17,21-24,30,35H,13-15H2,1-4H3,(H,32,37)(H,33,36)/t17?,21-,22-,23?,24?/m1/s1. The minimum atomic E-state index is -1.38. The minimum Gasteiger partial charge on any atom is -0.497 e. The molecular weight excluding hydrogens is 529 g/mol. The topological polar surface area (TPSA) is 159 Å². The number of aliphatic hydroxyl groups is 1. The van der Waals surface area contributed by atoms with Crippen LogP contribution >= 0.6 is 0 Å². The normalized spacial score (nSPS) is 21.6. The lowest BCUT2D eigenvalue weighted by Gasteiger charge is -2.40. The third kappa shape index (κ3) is 7.29. The Morgan fingerprint density at radius 2 is 1.66 bits per heavy atom. The summed E-state index contributed by atoms with van der Waals surface area (Å²) in [6, 6.07) is 11.5. The van der Waals surface area contributed by atoms with Crippen molar-refractivity contribution in [3.05, 3.63) is 54.2 Å². The summed E-state index contributed by atoms with van der Waals surface area (Å²) >= 11 is 0. The van der Waals surface area contributed by atoms with Gasteiger partial charge in [0.1, 0.15) is 23.8 Å². The molecule has 218 valence electrons. The van der Waals surface area contributed by atoms with Crippen LogP contribution in [0.1, 0.15) is 37.7 Å². The highest BCUT2D eigenvalue weighted by molar-refractivity contribution is 6.51. The van der Waals surface area contributed by atoms with E-state index in [2.05, 4.69) is 20.9 Å². The summed E-state index contributed by atoms with van der Waals surface area (Å²) in [5, 5.41) is 18.8. The molecule has 2 saturated heterocycles. The van der Waals surface area contributed by atoms with Crippen molar-refractivity contribution in [2.24, 2.45) is 5.92 Å². The third-order valence-electron chi connectivity index (χ3n) is 7.15. The molecule has 2 aliphatic rings. The van der Waals surface area contributed by atoms with Crippen molar-refractivity contribution in [3.8, 4) is 11.3 Å². The van der Waals surface area contributed by atoms with Crippen LogP contribution in [0.25, 0.3) is 11.3 Å². The van der Waals surface area contributed by atoms with E-state index < -0.39 is 61.0 Å². The average Bonchev–Trinajstić information content (AvgIpc) is 2.94. The zero-order valence-corrected chi connectivity index (χ0v) is 23.6. The van der Waals surface area contributed by atoms with Crippen molar-refractivity contribution >= 4 is 30.9 Å². The minimum absolute atomic E-state index is 0.0107. The molecule has 3 heterocycles. The molecule has 3 unspecified atom stereocenters. The molecule has 2 fully saturated rings. The van der Waals surface area contributed by atoms with Gasteiger partial charge in [-0.25, -0.2) is 4.98 Å². The van der Waals surface area contributed by atoms with Crippen LogP contribution in [0.15, 0.2) is 48.5 Å². The molecule has 2 aromatic rings. The molecule has 0 saturated carbocycles. The summed E-state index contributed by atoms with van der Waals surface area (Å²) in [6.45, 7) is 5.79. The van der Waals surface area contributed by atoms with Gasteiger partial charge in [0.2, 0.25) is 5.91 Å². The van der Waals surface area contributed by atoms with Gasteiger partial charge in [-0.2, -0.15) is 0 Å². The first-order valence-electron chi connectivity index (χ1n) is 13.7. The molecule has 1 aromatic heterocycles. The number of pyridine rings is 1. The van der Waals surface area contributed by atoms with Crippen LogP contribution < -0.4 is 16.0 Å². The van der Waals surface area contributed by atoms with Gasteiger partial charge in [-0.05, 0) is 38.4 Å². The van der Waals surface area contributed by atoms with Crippen molar-refractivity contribution in [3.63, 3.8) is 0 Å². The van der Waals surface area contributed by atoms with Crippen LogP contribution in [0.3, 0.4) is 0 Å². The molecule has 4 N–H and O–H groups in total. The SMILES string of the molecule is CC(C)CC(NC(=O)C(NC(=O)c1cccc(-c2ccccc2)n1)C(C)O)B1OC(=O)[C@H]2CNC[C@H](C(=O)O1)N2C. The van der Waals surface area contributed by atoms with Crippen molar-refractivity contribution in [1.29, 1.82) is 0 Å². The number of hydrogen-bond donors (Lipinski definition) is 4. The van der Waals surface area contributed by atoms with Crippen molar-refractivity contribution in [2.45, 2.75) is 57.4 Å². The third-order valence-corrected chi connectivity index (χ3v) is 7.15. The fraction of sp³-hybridized carbons (Fsp3) is 0.464. The predicted molar refractivity (Wildman–Crippen MR) is 150 cm³/mol. The summed E-state index contributed by atoms with van der Waals surface area (Å²) in [4.78, 5) is 58.5. The molecule has 2 bridgehead atoms. The number of nitrogens with zero attached hydrogens (tertiary/aromatic N) is 2. The first-order valence-corrected chi connectivity index (χ1v) is 13.7. The van der Waals surface area contributed by atoms with E-state index in [4.69, 9.17) is 9.31 Å². The van der Waals surface area contributed by atoms with Gasteiger partial charge >= 0.3 is 19.1 Å². The van der Waals surface area contributed by atoms with E-state index in [0.717, 1.165) is 5.56 Å². The second kappa shape index (κ2) is 13.2. The molecule has 2 amide bonds. The van der Waals surface area contributed by atoms with Gasteiger partial charge in [-0.3, -0.25) is 24.1 Å². The summed E-state index contributed by atoms with van der Waals surface area (Å²) < 4.78 is 11.2. The molecular formula is C28H36BN5O7. The Balaban J connectivity index is 1.51. The highest BCUT2D eigenvalue weighted by Crippen LogP contribution is 2.20. The van der Waals surface area contributed by atoms with E-state index in [1.165, 1.54) is 13.0 Å². The summed E-state index contributed by atoms with van der Waals surface area (Å²) in [5.41, 5.74) is 1.46. The number of aliphatic hydroxyl groups excluding tert-OH is 1. The van der Waals surface area contributed by atoms with Gasteiger partial charge in [0, 0.05) is 18.7 Å². The summed E-state index contributed by atoms with van der Waals surface area (Å²) in [7, 11) is 0.278. The van der Waals surface area contributed by atoms with Gasteiger partial charge < -0.3 is 30.4 Å². The van der Waals surface area contributed by atoms with Crippen molar-refractivity contribution < 1.29 is 33.6 Å². The van der Waals surface area contributed by atoms with Crippen molar-refractivity contribution in [2.75, 3.05) is 20.1 Å². The zero-order valence-electron chi connectivity index (χ0n) is 23.6. The van der Waals surface area contributed by atoms with E-state index in [0.29, 0.717) is 25.2 Å². The Kier molecular flexibility index (Phi) is 9.74. The van der Waals surface area contributed by atoms with Gasteiger partial charge in [0.15, 0.2) is 0 Å². The molecule has 5 atom stereocenters. The predicted octanol–water partition coefficient (Wildman–Crippen LogP) is 0.158. The van der Waals surface area contributed by atoms with E-state index in [9.17, 15) is 24.3 Å². The van der Waals surface area contributed by atoms with Crippen LogP contribution in [0.4, 0.5) is 0 Å². The summed E-state index contributed by atoms with van der Waals surface area (Å²) in [5.74, 6) is -3.48. The van der Waals surface area contributed by atoms with E-state index in [-0.39, 0.29) is 11.6 Å². The lowest BCUT2D eigenvalue weighted by atomic mass is 9.73. The molecule has 41 heavy (non-hydrogen) atoms. The Hall–Kier alpha value is -3.81. The van der Waals surface area contributed by atoms with Crippen LogP contribution in [0.5, 0.6) is 0 Å². The zero-order chi connectivity index (χ0) is 29.7. The number of amides is 2. The van der Waals surface area contributed by atoms with E-state index in [1.807, 2.05) is 44.2 Å². The molecule has 0 spiro atoms. The first kappa shape index (κ1) is 30.2. The first-order chi connectivity index (χ1) is 19.5. The number of carbonyl (C=O) groups is 4. The van der Waals surface area contributed by atoms with Crippen LogP contribution in [-0.4, -0.2) is 96.2 Å². The molecule has 1 aromatic carbocycles. The van der Waals surface area contributed by atoms with Crippen LogP contribution in [-0.2, 0) is 23.7 Å². The average molecular weight is 565 g/mol. The van der Waals surface area contributed by atoms with E-state index >= 15 is 0 Å². The Morgan fingerprint density at radius 3 is 2.24 bits per heavy atom. The molecule has 0 radical (unpaired) electrons. The number of fused-ring (bicyclic) bond motifs is 2. The number of hydrogen-bond acceptors (Lipinski definition) is 10. The summed E-state index contributed by atoms with van der Waals surface area (Å²) in [6.07, 6.45) is -0.987. The Morgan fingerprint density at radius 1 is 1.02 bits per heavy atom. The maximum Gasteiger partial charge on any atom is 0.622 e. The molecule has 12 nitrogen and oxygen atoms in total. The smallest absolute Gasteiger partial charge is 0.497 e. The number of carbonyl (C=O) groups excluding carboxylic acids is 4. The monoisotopic (exact) mass is 565 g/mol. The van der Waals surface area contributed by atoms with E-state index in [1.54, 1.807) is 24.1 Å². The maximum absolute atomic E-state index is 13.4. The second-order valence-corrected chi connectivity index (χ2v) is 10.8. The number of aromatic nitrogens is 1. The molecule has 13 heteroatoms. The van der Waals surface area contributed by atoms with Gasteiger partial charge in [0.05, 0.1) is 17.7 Å². The molecule has 4 rings (SSSR count). The molecule has 0 aliphatic carbocycles. The van der Waals surface area contributed by atoms with Gasteiger partial charge in [0.25, 0.3) is 5.91 Å². The van der Waals surface area contributed by atoms with Gasteiger partial charge in [-0.1, -0.05) is 50.2 Å². The second-order valence-electron chi connectivity index (χ2n) is 10.8. The number of rotatable bonds is 9. The van der Waals surface area contributed by atoms with Crippen LogP contribution in [0, 0.1) is 5.92 Å². The van der Waals surface area contributed by atoms with Crippen molar-refractivity contribution in [1.82, 2.24) is 25.8 Å².